The molecule has 1 aromatic rings. The van der Waals surface area contributed by atoms with E-state index < -0.39 is 6.57 Å². The van der Waals surface area contributed by atoms with Crippen molar-refractivity contribution in [3.05, 3.63) is 30.3 Å². The van der Waals surface area contributed by atoms with Crippen molar-refractivity contribution < 1.29 is 9.09 Å². The van der Waals surface area contributed by atoms with Crippen LogP contribution in [0, 0.1) is 0 Å². The number of unbranched alkanes of at least 4 members (excludes halogenated alkanes) is 1. The quantitative estimate of drug-likeness (QED) is 0.544. The molecule has 1 atom stereocenters. The van der Waals surface area contributed by atoms with Crippen molar-refractivity contribution >= 4 is 23.3 Å². The Hall–Kier alpha value is -0.240. The van der Waals surface area contributed by atoms with Gasteiger partial charge in [-0.3, -0.25) is 4.57 Å². The average molecular weight is 258 g/mol. The molecule has 0 amide bonds. The summed E-state index contributed by atoms with van der Waals surface area (Å²) in [7, 11) is 0. The van der Waals surface area contributed by atoms with E-state index in [1.165, 1.54) is 11.4 Å². The fourth-order valence-corrected chi connectivity index (χ4v) is 5.66. The Balaban J connectivity index is 2.76. The molecule has 0 aliphatic heterocycles. The molecule has 2 nitrogen and oxygen atoms in total. The van der Waals surface area contributed by atoms with Gasteiger partial charge in [-0.05, 0) is 25.5 Å². The first-order valence-corrected chi connectivity index (χ1v) is 8.89. The molecule has 90 valence electrons. The van der Waals surface area contributed by atoms with Crippen molar-refractivity contribution in [2.75, 3.05) is 12.4 Å². The molecule has 0 bridgehead atoms. The third-order valence-corrected chi connectivity index (χ3v) is 6.99. The Kier molecular flexibility index (Phi) is 6.18. The monoisotopic (exact) mass is 258 g/mol. The van der Waals surface area contributed by atoms with Gasteiger partial charge < -0.3 is 4.52 Å². The van der Waals surface area contributed by atoms with Gasteiger partial charge in [-0.25, -0.2) is 0 Å². The largest absolute Gasteiger partial charge is 0.318 e. The first kappa shape index (κ1) is 13.8. The van der Waals surface area contributed by atoms with Gasteiger partial charge in [0.2, 0.25) is 0 Å². The van der Waals surface area contributed by atoms with Crippen molar-refractivity contribution in [2.45, 2.75) is 26.7 Å². The topological polar surface area (TPSA) is 26.3 Å². The molecular weight excluding hydrogens is 239 g/mol. The van der Waals surface area contributed by atoms with Crippen LogP contribution < -0.4 is 5.30 Å². The second-order valence-corrected chi connectivity index (χ2v) is 8.09. The van der Waals surface area contributed by atoms with E-state index in [1.54, 1.807) is 0 Å². The van der Waals surface area contributed by atoms with Crippen molar-refractivity contribution in [3.8, 4) is 0 Å². The lowest BCUT2D eigenvalue weighted by Crippen LogP contribution is -2.05. The Morgan fingerprint density at radius 2 is 1.94 bits per heavy atom. The third-order valence-electron chi connectivity index (χ3n) is 2.13. The van der Waals surface area contributed by atoms with E-state index >= 15 is 0 Å². The Morgan fingerprint density at radius 1 is 1.25 bits per heavy atom. The molecule has 0 spiro atoms. The molecule has 0 aliphatic rings. The summed E-state index contributed by atoms with van der Waals surface area (Å²) >= 11 is 1.46. The van der Waals surface area contributed by atoms with Gasteiger partial charge in [0.15, 0.2) is 0 Å². The summed E-state index contributed by atoms with van der Waals surface area (Å²) < 4.78 is 18.1. The SMILES string of the molecule is CCCCS[P@](=O)(OCC)c1ccccc1. The highest BCUT2D eigenvalue weighted by Crippen LogP contribution is 2.58. The second-order valence-electron chi connectivity index (χ2n) is 3.44. The van der Waals surface area contributed by atoms with Gasteiger partial charge in [-0.1, -0.05) is 42.9 Å². The summed E-state index contributed by atoms with van der Waals surface area (Å²) in [6.07, 6.45) is 2.20. The van der Waals surface area contributed by atoms with Crippen LogP contribution in [0.1, 0.15) is 26.7 Å². The van der Waals surface area contributed by atoms with E-state index in [-0.39, 0.29) is 0 Å². The van der Waals surface area contributed by atoms with Crippen LogP contribution >= 0.6 is 18.0 Å². The highest BCUT2D eigenvalue weighted by Gasteiger charge is 2.25. The van der Waals surface area contributed by atoms with Crippen LogP contribution in [-0.2, 0) is 9.09 Å². The maximum absolute atomic E-state index is 12.6. The minimum absolute atomic E-state index is 0.491. The molecule has 0 radical (unpaired) electrons. The minimum Gasteiger partial charge on any atom is -0.318 e. The van der Waals surface area contributed by atoms with Crippen molar-refractivity contribution in [1.29, 1.82) is 0 Å². The predicted octanol–water partition coefficient (Wildman–Crippen LogP) is 4.07. The van der Waals surface area contributed by atoms with Crippen LogP contribution in [0.3, 0.4) is 0 Å². The third kappa shape index (κ3) is 3.97. The summed E-state index contributed by atoms with van der Waals surface area (Å²) in [5, 5.41) is 0.818. The van der Waals surface area contributed by atoms with Gasteiger partial charge in [0.25, 0.3) is 6.57 Å². The van der Waals surface area contributed by atoms with Crippen molar-refractivity contribution in [3.63, 3.8) is 0 Å². The summed E-state index contributed by atoms with van der Waals surface area (Å²) in [6.45, 7) is 1.83. The van der Waals surface area contributed by atoms with E-state index in [2.05, 4.69) is 6.92 Å². The van der Waals surface area contributed by atoms with Gasteiger partial charge in [-0.2, -0.15) is 0 Å². The van der Waals surface area contributed by atoms with Gasteiger partial charge in [0.05, 0.1) is 6.61 Å². The Morgan fingerprint density at radius 3 is 2.50 bits per heavy atom. The Labute approximate surface area is 102 Å². The molecule has 0 fully saturated rings. The van der Waals surface area contributed by atoms with Crippen LogP contribution in [0.25, 0.3) is 0 Å². The highest BCUT2D eigenvalue weighted by molar-refractivity contribution is 8.58. The van der Waals surface area contributed by atoms with Gasteiger partial charge in [0.1, 0.15) is 0 Å². The summed E-state index contributed by atoms with van der Waals surface area (Å²) in [5.74, 6) is 0.892. The van der Waals surface area contributed by atoms with E-state index in [1.807, 2.05) is 37.3 Å². The predicted molar refractivity (Wildman–Crippen MR) is 72.7 cm³/mol. The number of hydrogen-bond donors (Lipinski definition) is 0. The average Bonchev–Trinajstić information content (AvgIpc) is 2.31. The lowest BCUT2D eigenvalue weighted by Gasteiger charge is -2.16. The first-order valence-electron chi connectivity index (χ1n) is 5.67. The number of benzene rings is 1. The standard InChI is InChI=1S/C12H19O2PS/c1-3-5-11-16-15(13,14-4-2)12-9-7-6-8-10-12/h6-10H,3-5,11H2,1-2H3/t15-/m1/s1. The second kappa shape index (κ2) is 7.16. The molecule has 1 aromatic carbocycles. The molecule has 16 heavy (non-hydrogen) atoms. The van der Waals surface area contributed by atoms with Crippen molar-refractivity contribution in [1.82, 2.24) is 0 Å². The maximum atomic E-state index is 12.6. The maximum Gasteiger partial charge on any atom is 0.287 e. The zero-order valence-corrected chi connectivity index (χ0v) is 11.6. The molecule has 0 saturated heterocycles. The molecule has 0 aromatic heterocycles. The highest BCUT2D eigenvalue weighted by atomic mass is 32.7. The summed E-state index contributed by atoms with van der Waals surface area (Å²) in [5.41, 5.74) is 0. The van der Waals surface area contributed by atoms with Crippen LogP contribution in [0.5, 0.6) is 0 Å². The normalized spacial score (nSPS) is 14.6. The molecule has 0 aliphatic carbocycles. The summed E-state index contributed by atoms with van der Waals surface area (Å²) in [6, 6.07) is 9.50. The zero-order chi connectivity index (χ0) is 11.9. The van der Waals surface area contributed by atoms with Gasteiger partial charge >= 0.3 is 0 Å². The lowest BCUT2D eigenvalue weighted by molar-refractivity contribution is 0.353. The minimum atomic E-state index is -2.68. The van der Waals surface area contributed by atoms with Crippen LogP contribution in [-0.4, -0.2) is 12.4 Å². The fourth-order valence-electron chi connectivity index (χ4n) is 1.30. The molecule has 0 N–H and O–H groups in total. The van der Waals surface area contributed by atoms with E-state index in [0.29, 0.717) is 6.61 Å². The van der Waals surface area contributed by atoms with E-state index in [4.69, 9.17) is 4.52 Å². The smallest absolute Gasteiger partial charge is 0.287 e. The van der Waals surface area contributed by atoms with Crippen LogP contribution in [0.4, 0.5) is 0 Å². The molecule has 0 unspecified atom stereocenters. The molecule has 0 saturated carbocycles. The molecule has 1 rings (SSSR count). The van der Waals surface area contributed by atoms with Gasteiger partial charge in [0, 0.05) is 11.1 Å². The molecule has 0 heterocycles. The zero-order valence-electron chi connectivity index (χ0n) is 9.89. The molecule has 4 heteroatoms. The number of rotatable bonds is 7. The van der Waals surface area contributed by atoms with E-state index in [0.717, 1.165) is 23.9 Å². The van der Waals surface area contributed by atoms with E-state index in [9.17, 15) is 4.57 Å². The molecular formula is C12H19O2PS. The fraction of sp³-hybridized carbons (Fsp3) is 0.500. The van der Waals surface area contributed by atoms with Crippen molar-refractivity contribution in [2.24, 2.45) is 0 Å². The summed E-state index contributed by atoms with van der Waals surface area (Å²) in [4.78, 5) is 0. The number of hydrogen-bond acceptors (Lipinski definition) is 3. The first-order chi connectivity index (χ1) is 7.73. The lowest BCUT2D eigenvalue weighted by atomic mass is 10.4. The van der Waals surface area contributed by atoms with Gasteiger partial charge in [-0.15, -0.1) is 0 Å². The van der Waals surface area contributed by atoms with Crippen LogP contribution in [0.2, 0.25) is 0 Å². The Bertz CT molecular complexity index is 340. The van der Waals surface area contributed by atoms with Crippen LogP contribution in [0.15, 0.2) is 30.3 Å².